The second-order valence-corrected chi connectivity index (χ2v) is 7.93. The van der Waals surface area contributed by atoms with Crippen LogP contribution in [-0.2, 0) is 14.3 Å². The Kier molecular flexibility index (Phi) is 5.75. The second kappa shape index (κ2) is 8.44. The molecule has 2 aromatic carbocycles. The number of halogens is 1. The summed E-state index contributed by atoms with van der Waals surface area (Å²) in [5.41, 5.74) is 2.49. The molecule has 0 radical (unpaired) electrons. The lowest BCUT2D eigenvalue weighted by Crippen LogP contribution is -2.54. The molecule has 2 amide bonds. The van der Waals surface area contributed by atoms with Crippen molar-refractivity contribution in [2.75, 3.05) is 36.1 Å². The third-order valence-corrected chi connectivity index (χ3v) is 5.58. The van der Waals surface area contributed by atoms with Crippen LogP contribution in [-0.4, -0.2) is 43.2 Å². The van der Waals surface area contributed by atoms with Gasteiger partial charge in [0.05, 0.1) is 18.9 Å². The molecule has 0 unspecified atom stereocenters. The molecule has 4 rings (SSSR count). The van der Waals surface area contributed by atoms with Crippen LogP contribution >= 0.6 is 28.1 Å². The number of rotatable bonds is 3. The van der Waals surface area contributed by atoms with Gasteiger partial charge in [-0.3, -0.25) is 19.8 Å². The van der Waals surface area contributed by atoms with Gasteiger partial charge in [-0.15, -0.1) is 0 Å². The highest BCUT2D eigenvalue weighted by Crippen LogP contribution is 2.24. The van der Waals surface area contributed by atoms with Crippen molar-refractivity contribution in [1.29, 1.82) is 0 Å². The van der Waals surface area contributed by atoms with Gasteiger partial charge < -0.3 is 9.64 Å². The molecule has 2 saturated heterocycles. The Morgan fingerprint density at radius 3 is 2.24 bits per heavy atom. The molecular formula is C21H18BrN3O3S. The Morgan fingerprint density at radius 2 is 1.59 bits per heavy atom. The molecule has 0 aromatic heterocycles. The van der Waals surface area contributed by atoms with Crippen LogP contribution in [0.2, 0.25) is 0 Å². The van der Waals surface area contributed by atoms with Crippen LogP contribution in [0.5, 0.6) is 0 Å². The Morgan fingerprint density at radius 1 is 0.966 bits per heavy atom. The summed E-state index contributed by atoms with van der Waals surface area (Å²) in [7, 11) is 0. The zero-order chi connectivity index (χ0) is 20.4. The van der Waals surface area contributed by atoms with Crippen molar-refractivity contribution in [3.8, 4) is 0 Å². The standard InChI is InChI=1S/C21H18BrN3O3S/c22-15-3-7-17(8-4-15)25-20(27)18(19(26)23-21(25)29)13-14-1-5-16(6-2-14)24-9-11-28-12-10-24/h1-8,13H,9-12H2,(H,23,26,29)/b18-13+. The van der Waals surface area contributed by atoms with Crippen LogP contribution in [0.15, 0.2) is 58.6 Å². The predicted octanol–water partition coefficient (Wildman–Crippen LogP) is 3.12. The van der Waals surface area contributed by atoms with Crippen molar-refractivity contribution in [1.82, 2.24) is 5.32 Å². The number of benzene rings is 2. The van der Waals surface area contributed by atoms with E-state index in [2.05, 4.69) is 26.1 Å². The average molecular weight is 472 g/mol. The Bertz CT molecular complexity index is 983. The van der Waals surface area contributed by atoms with Crippen LogP contribution in [0.1, 0.15) is 5.56 Å². The summed E-state index contributed by atoms with van der Waals surface area (Å²) in [6, 6.07) is 14.9. The minimum absolute atomic E-state index is 0.0423. The first-order chi connectivity index (χ1) is 14.0. The Labute approximate surface area is 182 Å². The zero-order valence-corrected chi connectivity index (χ0v) is 17.8. The van der Waals surface area contributed by atoms with Crippen LogP contribution in [0, 0.1) is 0 Å². The molecule has 2 aliphatic rings. The van der Waals surface area contributed by atoms with Gasteiger partial charge in [-0.1, -0.05) is 28.1 Å². The van der Waals surface area contributed by atoms with Gasteiger partial charge in [0.2, 0.25) is 0 Å². The maximum absolute atomic E-state index is 13.0. The molecule has 2 heterocycles. The lowest BCUT2D eigenvalue weighted by molar-refractivity contribution is -0.122. The van der Waals surface area contributed by atoms with Crippen molar-refractivity contribution in [3.63, 3.8) is 0 Å². The van der Waals surface area contributed by atoms with Gasteiger partial charge in [0.1, 0.15) is 5.57 Å². The van der Waals surface area contributed by atoms with Crippen LogP contribution in [0.3, 0.4) is 0 Å². The summed E-state index contributed by atoms with van der Waals surface area (Å²) in [5, 5.41) is 2.67. The first kappa shape index (κ1) is 19.8. The second-order valence-electron chi connectivity index (χ2n) is 6.63. The van der Waals surface area contributed by atoms with Gasteiger partial charge in [0.15, 0.2) is 5.11 Å². The maximum atomic E-state index is 13.0. The molecule has 1 N–H and O–H groups in total. The van der Waals surface area contributed by atoms with E-state index in [4.69, 9.17) is 17.0 Å². The predicted molar refractivity (Wildman–Crippen MR) is 120 cm³/mol. The number of hydrogen-bond acceptors (Lipinski definition) is 5. The van der Waals surface area contributed by atoms with E-state index in [0.29, 0.717) is 18.9 Å². The molecule has 2 fully saturated rings. The molecule has 2 aliphatic heterocycles. The number of carbonyl (C=O) groups is 2. The molecule has 8 heteroatoms. The third-order valence-electron chi connectivity index (χ3n) is 4.77. The van der Waals surface area contributed by atoms with Crippen molar-refractivity contribution in [2.45, 2.75) is 0 Å². The normalized spacial score (nSPS) is 18.9. The van der Waals surface area contributed by atoms with E-state index in [-0.39, 0.29) is 10.7 Å². The lowest BCUT2D eigenvalue weighted by atomic mass is 10.1. The van der Waals surface area contributed by atoms with E-state index in [9.17, 15) is 9.59 Å². The third kappa shape index (κ3) is 4.24. The average Bonchev–Trinajstić information content (AvgIpc) is 2.73. The number of thiocarbonyl (C=S) groups is 1. The lowest BCUT2D eigenvalue weighted by Gasteiger charge is -2.29. The fraction of sp³-hybridized carbons (Fsp3) is 0.190. The van der Waals surface area contributed by atoms with Gasteiger partial charge in [-0.05, 0) is 60.3 Å². The van der Waals surface area contributed by atoms with Gasteiger partial charge >= 0.3 is 0 Å². The molecule has 2 aromatic rings. The Balaban J connectivity index is 1.59. The molecule has 6 nitrogen and oxygen atoms in total. The molecule has 0 atom stereocenters. The number of nitrogens with zero attached hydrogens (tertiary/aromatic N) is 2. The quantitative estimate of drug-likeness (QED) is 0.423. The topological polar surface area (TPSA) is 61.9 Å². The first-order valence-corrected chi connectivity index (χ1v) is 10.3. The molecule has 0 saturated carbocycles. The fourth-order valence-electron chi connectivity index (χ4n) is 3.25. The number of hydrogen-bond donors (Lipinski definition) is 1. The number of amides is 2. The van der Waals surface area contributed by atoms with Crippen LogP contribution in [0.4, 0.5) is 11.4 Å². The van der Waals surface area contributed by atoms with E-state index in [1.54, 1.807) is 18.2 Å². The van der Waals surface area contributed by atoms with Gasteiger partial charge in [-0.25, -0.2) is 0 Å². The molecule has 0 aliphatic carbocycles. The molecule has 148 valence electrons. The Hall–Kier alpha value is -2.55. The summed E-state index contributed by atoms with van der Waals surface area (Å²) in [4.78, 5) is 29.0. The number of ether oxygens (including phenoxy) is 1. The summed E-state index contributed by atoms with van der Waals surface area (Å²) in [6.07, 6.45) is 1.59. The smallest absolute Gasteiger partial charge is 0.270 e. The maximum Gasteiger partial charge on any atom is 0.270 e. The summed E-state index contributed by atoms with van der Waals surface area (Å²) in [6.45, 7) is 3.13. The highest BCUT2D eigenvalue weighted by atomic mass is 79.9. The summed E-state index contributed by atoms with van der Waals surface area (Å²) >= 11 is 8.59. The number of nitrogens with one attached hydrogen (secondary N) is 1. The molecule has 29 heavy (non-hydrogen) atoms. The highest BCUT2D eigenvalue weighted by molar-refractivity contribution is 9.10. The van der Waals surface area contributed by atoms with Gasteiger partial charge in [-0.2, -0.15) is 0 Å². The minimum Gasteiger partial charge on any atom is -0.378 e. The van der Waals surface area contributed by atoms with Gasteiger partial charge in [0, 0.05) is 23.2 Å². The molecular weight excluding hydrogens is 454 g/mol. The van der Waals surface area contributed by atoms with E-state index >= 15 is 0 Å². The zero-order valence-electron chi connectivity index (χ0n) is 15.4. The number of morpholine rings is 1. The summed E-state index contributed by atoms with van der Waals surface area (Å²) in [5.74, 6) is -0.941. The molecule has 0 spiro atoms. The van der Waals surface area contributed by atoms with Crippen molar-refractivity contribution >= 4 is 62.5 Å². The largest absolute Gasteiger partial charge is 0.378 e. The summed E-state index contributed by atoms with van der Waals surface area (Å²) < 4.78 is 6.27. The monoisotopic (exact) mass is 471 g/mol. The number of anilines is 2. The van der Waals surface area contributed by atoms with E-state index in [0.717, 1.165) is 28.8 Å². The van der Waals surface area contributed by atoms with Gasteiger partial charge in [0.25, 0.3) is 11.8 Å². The van der Waals surface area contributed by atoms with E-state index < -0.39 is 11.8 Å². The van der Waals surface area contributed by atoms with E-state index in [1.165, 1.54) is 4.90 Å². The SMILES string of the molecule is O=C1NC(=S)N(c2ccc(Br)cc2)C(=O)/C1=C/c1ccc(N2CCOCC2)cc1. The van der Waals surface area contributed by atoms with E-state index in [1.807, 2.05) is 36.4 Å². The van der Waals surface area contributed by atoms with Crippen molar-refractivity contribution in [3.05, 3.63) is 64.1 Å². The fourth-order valence-corrected chi connectivity index (χ4v) is 3.80. The van der Waals surface area contributed by atoms with Crippen LogP contribution < -0.4 is 15.1 Å². The first-order valence-electron chi connectivity index (χ1n) is 9.13. The van der Waals surface area contributed by atoms with Crippen LogP contribution in [0.25, 0.3) is 6.08 Å². The minimum atomic E-state index is -0.495. The van der Waals surface area contributed by atoms with Crippen molar-refractivity contribution < 1.29 is 14.3 Å². The highest BCUT2D eigenvalue weighted by Gasteiger charge is 2.34. The number of carbonyl (C=O) groups excluding carboxylic acids is 2. The van der Waals surface area contributed by atoms with Crippen molar-refractivity contribution in [2.24, 2.45) is 0 Å². The molecule has 0 bridgehead atoms.